The minimum absolute atomic E-state index is 0.121. The van der Waals surface area contributed by atoms with Crippen molar-refractivity contribution in [2.24, 2.45) is 0 Å². The number of carbonyl (C=O) groups excluding carboxylic acids is 2. The van der Waals surface area contributed by atoms with Gasteiger partial charge in [-0.1, -0.05) is 34.1 Å². The van der Waals surface area contributed by atoms with Gasteiger partial charge in [0.1, 0.15) is 0 Å². The highest BCUT2D eigenvalue weighted by atomic mass is 79.9. The molecule has 0 saturated carbocycles. The monoisotopic (exact) mass is 386 g/mol. The number of carbonyl (C=O) groups is 2. The Kier molecular flexibility index (Phi) is 4.96. The van der Waals surface area contributed by atoms with Crippen LogP contribution < -0.4 is 5.32 Å². The highest BCUT2D eigenvalue weighted by Gasteiger charge is 2.11. The molecule has 3 rings (SSSR count). The van der Waals surface area contributed by atoms with E-state index < -0.39 is 5.97 Å². The Bertz CT molecular complexity index is 871. The van der Waals surface area contributed by atoms with Crippen molar-refractivity contribution in [3.63, 3.8) is 0 Å². The third-order valence-corrected chi connectivity index (χ3v) is 4.03. The normalized spacial score (nSPS) is 10.5. The Morgan fingerprint density at radius 3 is 2.62 bits per heavy atom. The first-order valence-electron chi connectivity index (χ1n) is 7.38. The number of hydrogen-bond donors (Lipinski definition) is 2. The van der Waals surface area contributed by atoms with Gasteiger partial charge in [0.2, 0.25) is 0 Å². The van der Waals surface area contributed by atoms with Gasteiger partial charge in [0, 0.05) is 27.3 Å². The molecule has 0 fully saturated rings. The van der Waals surface area contributed by atoms with Gasteiger partial charge in [-0.15, -0.1) is 0 Å². The largest absolute Gasteiger partial charge is 0.455 e. The van der Waals surface area contributed by atoms with E-state index in [0.29, 0.717) is 5.69 Å². The minimum Gasteiger partial charge on any atom is -0.455 e. The lowest BCUT2D eigenvalue weighted by atomic mass is 10.1. The summed E-state index contributed by atoms with van der Waals surface area (Å²) in [6.07, 6.45) is 1.91. The highest BCUT2D eigenvalue weighted by molar-refractivity contribution is 9.10. The van der Waals surface area contributed by atoms with Crippen molar-refractivity contribution in [1.29, 1.82) is 0 Å². The molecule has 1 heterocycles. The van der Waals surface area contributed by atoms with Crippen molar-refractivity contribution < 1.29 is 14.3 Å². The van der Waals surface area contributed by atoms with E-state index in [1.165, 1.54) is 0 Å². The van der Waals surface area contributed by atoms with Crippen LogP contribution in [-0.2, 0) is 20.7 Å². The second-order valence-corrected chi connectivity index (χ2v) is 6.17. The molecule has 0 aliphatic rings. The summed E-state index contributed by atoms with van der Waals surface area (Å²) in [6.45, 7) is -0.308. The number of amides is 1. The zero-order valence-electron chi connectivity index (χ0n) is 12.7. The van der Waals surface area contributed by atoms with Gasteiger partial charge in [-0.3, -0.25) is 9.59 Å². The second kappa shape index (κ2) is 7.31. The first-order chi connectivity index (χ1) is 11.6. The molecule has 122 valence electrons. The number of benzene rings is 2. The van der Waals surface area contributed by atoms with Crippen LogP contribution in [-0.4, -0.2) is 23.5 Å². The molecule has 0 bridgehead atoms. The molecule has 0 radical (unpaired) electrons. The van der Waals surface area contributed by atoms with Crippen LogP contribution in [0, 0.1) is 0 Å². The standard InChI is InChI=1S/C18H15BrN2O3/c19-13-5-7-14(8-6-13)21-17(22)11-24-18(23)9-12-10-20-16-4-2-1-3-15(12)16/h1-8,10,20H,9,11H2,(H,21,22). The summed E-state index contributed by atoms with van der Waals surface area (Å²) in [5, 5.41) is 3.65. The third kappa shape index (κ3) is 4.02. The van der Waals surface area contributed by atoms with Gasteiger partial charge >= 0.3 is 5.97 Å². The molecule has 0 aliphatic heterocycles. The van der Waals surface area contributed by atoms with Crippen molar-refractivity contribution in [1.82, 2.24) is 4.98 Å². The predicted octanol–water partition coefficient (Wildman–Crippen LogP) is 3.65. The molecular weight excluding hydrogens is 372 g/mol. The summed E-state index contributed by atoms with van der Waals surface area (Å²) >= 11 is 3.32. The number of anilines is 1. The molecule has 0 spiro atoms. The smallest absolute Gasteiger partial charge is 0.310 e. The molecule has 1 amide bonds. The van der Waals surface area contributed by atoms with E-state index in [9.17, 15) is 9.59 Å². The van der Waals surface area contributed by atoms with Crippen LogP contribution in [0.4, 0.5) is 5.69 Å². The first kappa shape index (κ1) is 16.3. The maximum Gasteiger partial charge on any atom is 0.310 e. The van der Waals surface area contributed by atoms with E-state index in [1.807, 2.05) is 36.4 Å². The SMILES string of the molecule is O=C(COC(=O)Cc1c[nH]c2ccccc12)Nc1ccc(Br)cc1. The number of H-pyrrole nitrogens is 1. The molecule has 0 saturated heterocycles. The lowest BCUT2D eigenvalue weighted by Crippen LogP contribution is -2.21. The number of esters is 1. The zero-order chi connectivity index (χ0) is 16.9. The fourth-order valence-electron chi connectivity index (χ4n) is 2.36. The molecule has 0 aliphatic carbocycles. The van der Waals surface area contributed by atoms with Crippen LogP contribution in [0.2, 0.25) is 0 Å². The zero-order valence-corrected chi connectivity index (χ0v) is 14.3. The number of aromatic nitrogens is 1. The topological polar surface area (TPSA) is 71.2 Å². The van der Waals surface area contributed by atoms with Gasteiger partial charge < -0.3 is 15.0 Å². The van der Waals surface area contributed by atoms with E-state index in [0.717, 1.165) is 20.9 Å². The van der Waals surface area contributed by atoms with Gasteiger partial charge in [0.05, 0.1) is 6.42 Å². The lowest BCUT2D eigenvalue weighted by Gasteiger charge is -2.06. The minimum atomic E-state index is -0.439. The molecule has 0 atom stereocenters. The number of aromatic amines is 1. The van der Waals surface area contributed by atoms with Crippen molar-refractivity contribution in [3.8, 4) is 0 Å². The van der Waals surface area contributed by atoms with Gasteiger partial charge in [-0.2, -0.15) is 0 Å². The van der Waals surface area contributed by atoms with Crippen LogP contribution in [0.5, 0.6) is 0 Å². The van der Waals surface area contributed by atoms with Gasteiger partial charge in [-0.05, 0) is 35.9 Å². The molecule has 24 heavy (non-hydrogen) atoms. The average molecular weight is 387 g/mol. The Balaban J connectivity index is 1.52. The van der Waals surface area contributed by atoms with Crippen LogP contribution in [0.1, 0.15) is 5.56 Å². The van der Waals surface area contributed by atoms with E-state index in [-0.39, 0.29) is 18.9 Å². The van der Waals surface area contributed by atoms with Gasteiger partial charge in [0.25, 0.3) is 5.91 Å². The molecule has 2 N–H and O–H groups in total. The number of fused-ring (bicyclic) bond motifs is 1. The van der Waals surface area contributed by atoms with Crippen LogP contribution in [0.15, 0.2) is 59.2 Å². The number of hydrogen-bond acceptors (Lipinski definition) is 3. The molecular formula is C18H15BrN2O3. The fraction of sp³-hybridized carbons (Fsp3) is 0.111. The van der Waals surface area contributed by atoms with E-state index in [4.69, 9.17) is 4.74 Å². The molecule has 3 aromatic rings. The van der Waals surface area contributed by atoms with Crippen molar-refractivity contribution >= 4 is 44.4 Å². The number of para-hydroxylation sites is 1. The Hall–Kier alpha value is -2.60. The summed E-state index contributed by atoms with van der Waals surface area (Å²) in [4.78, 5) is 26.8. The number of halogens is 1. The summed E-state index contributed by atoms with van der Waals surface area (Å²) in [6, 6.07) is 14.9. The maximum atomic E-state index is 11.9. The van der Waals surface area contributed by atoms with Gasteiger partial charge in [-0.25, -0.2) is 0 Å². The van der Waals surface area contributed by atoms with E-state index in [2.05, 4.69) is 26.2 Å². The van der Waals surface area contributed by atoms with Crippen molar-refractivity contribution in [2.45, 2.75) is 6.42 Å². The van der Waals surface area contributed by atoms with Gasteiger partial charge in [0.15, 0.2) is 6.61 Å². The summed E-state index contributed by atoms with van der Waals surface area (Å²) in [7, 11) is 0. The summed E-state index contributed by atoms with van der Waals surface area (Å²) in [5.74, 6) is -0.810. The molecule has 2 aromatic carbocycles. The molecule has 1 aromatic heterocycles. The van der Waals surface area contributed by atoms with E-state index in [1.54, 1.807) is 18.3 Å². The summed E-state index contributed by atoms with van der Waals surface area (Å²) in [5.41, 5.74) is 2.47. The second-order valence-electron chi connectivity index (χ2n) is 5.25. The molecule has 5 nitrogen and oxygen atoms in total. The Labute approximate surface area is 147 Å². The lowest BCUT2D eigenvalue weighted by molar-refractivity contribution is -0.146. The first-order valence-corrected chi connectivity index (χ1v) is 8.17. The number of ether oxygens (including phenoxy) is 1. The Morgan fingerprint density at radius 1 is 1.08 bits per heavy atom. The number of rotatable bonds is 5. The Morgan fingerprint density at radius 2 is 1.83 bits per heavy atom. The quantitative estimate of drug-likeness (QED) is 0.657. The van der Waals surface area contributed by atoms with Crippen molar-refractivity contribution in [3.05, 3.63) is 64.8 Å². The fourth-order valence-corrected chi connectivity index (χ4v) is 2.63. The maximum absolute atomic E-state index is 11.9. The van der Waals surface area contributed by atoms with Crippen molar-refractivity contribution in [2.75, 3.05) is 11.9 Å². The average Bonchev–Trinajstić information content (AvgIpc) is 2.98. The van der Waals surface area contributed by atoms with E-state index >= 15 is 0 Å². The number of nitrogens with one attached hydrogen (secondary N) is 2. The molecule has 0 unspecified atom stereocenters. The van der Waals surface area contributed by atoms with Crippen LogP contribution >= 0.6 is 15.9 Å². The van der Waals surface area contributed by atoms with Crippen LogP contribution in [0.3, 0.4) is 0 Å². The third-order valence-electron chi connectivity index (χ3n) is 3.50. The predicted molar refractivity (Wildman–Crippen MR) is 95.7 cm³/mol. The molecule has 6 heteroatoms. The highest BCUT2D eigenvalue weighted by Crippen LogP contribution is 2.18. The summed E-state index contributed by atoms with van der Waals surface area (Å²) < 4.78 is 5.97. The van der Waals surface area contributed by atoms with Crippen LogP contribution in [0.25, 0.3) is 10.9 Å².